The Labute approximate surface area is 129 Å². The second kappa shape index (κ2) is 9.76. The highest BCUT2D eigenvalue weighted by Gasteiger charge is 2.08. The Morgan fingerprint density at radius 3 is 2.48 bits per heavy atom. The molecular weight excluding hydrogens is 290 g/mol. The van der Waals surface area contributed by atoms with Crippen LogP contribution in [0.3, 0.4) is 0 Å². The van der Waals surface area contributed by atoms with Crippen molar-refractivity contribution in [3.63, 3.8) is 0 Å². The largest absolute Gasteiger partial charge is 0.497 e. The van der Waals surface area contributed by atoms with Crippen molar-refractivity contribution < 1.29 is 18.8 Å². The van der Waals surface area contributed by atoms with Gasteiger partial charge in [-0.25, -0.2) is 0 Å². The molecule has 3 unspecified atom stereocenters. The molecule has 0 aromatic heterocycles. The van der Waals surface area contributed by atoms with E-state index in [9.17, 15) is 9.32 Å². The molecular formula is C15H25NO4S. The quantitative estimate of drug-likeness (QED) is 0.679. The first-order valence-electron chi connectivity index (χ1n) is 6.99. The van der Waals surface area contributed by atoms with Crippen molar-refractivity contribution >= 4 is 10.8 Å². The molecule has 2 N–H and O–H groups in total. The molecule has 3 atom stereocenters. The molecule has 1 rings (SSSR count). The van der Waals surface area contributed by atoms with Crippen LogP contribution >= 0.6 is 0 Å². The highest BCUT2D eigenvalue weighted by molar-refractivity contribution is 7.84. The first kappa shape index (κ1) is 17.9. The summed E-state index contributed by atoms with van der Waals surface area (Å²) in [6, 6.07) is 7.46. The molecule has 1 aromatic rings. The molecule has 21 heavy (non-hydrogen) atoms. The summed E-state index contributed by atoms with van der Waals surface area (Å²) in [7, 11) is 0.843. The number of benzene rings is 1. The maximum Gasteiger partial charge on any atom is 0.119 e. The Balaban J connectivity index is 2.20. The van der Waals surface area contributed by atoms with Gasteiger partial charge in [0.2, 0.25) is 0 Å². The smallest absolute Gasteiger partial charge is 0.119 e. The lowest BCUT2D eigenvalue weighted by Gasteiger charge is -2.17. The van der Waals surface area contributed by atoms with Crippen molar-refractivity contribution in [3.05, 3.63) is 24.3 Å². The van der Waals surface area contributed by atoms with Gasteiger partial charge in [0, 0.05) is 35.4 Å². The van der Waals surface area contributed by atoms with Crippen LogP contribution in [0.5, 0.6) is 11.5 Å². The van der Waals surface area contributed by atoms with E-state index in [0.717, 1.165) is 12.2 Å². The summed E-state index contributed by atoms with van der Waals surface area (Å²) >= 11 is 0. The average molecular weight is 315 g/mol. The topological polar surface area (TPSA) is 67.8 Å². The number of hydrogen-bond donors (Lipinski definition) is 2. The number of methoxy groups -OCH3 is 1. The Hall–Kier alpha value is -1.11. The third kappa shape index (κ3) is 8.04. The molecule has 0 saturated heterocycles. The zero-order valence-electron chi connectivity index (χ0n) is 12.9. The molecule has 0 bridgehead atoms. The lowest BCUT2D eigenvalue weighted by Crippen LogP contribution is -2.37. The fraction of sp³-hybridized carbons (Fsp3) is 0.600. The molecule has 0 aliphatic rings. The van der Waals surface area contributed by atoms with Crippen molar-refractivity contribution in [1.82, 2.24) is 5.32 Å². The summed E-state index contributed by atoms with van der Waals surface area (Å²) in [6.07, 6.45) is 1.95. The van der Waals surface area contributed by atoms with Gasteiger partial charge in [0.25, 0.3) is 0 Å². The van der Waals surface area contributed by atoms with Crippen LogP contribution in [0.1, 0.15) is 13.3 Å². The van der Waals surface area contributed by atoms with Crippen molar-refractivity contribution in [1.29, 1.82) is 0 Å². The molecule has 0 aliphatic carbocycles. The van der Waals surface area contributed by atoms with Gasteiger partial charge in [-0.2, -0.15) is 0 Å². The molecule has 0 fully saturated rings. The number of rotatable bonds is 10. The van der Waals surface area contributed by atoms with Gasteiger partial charge in [0.15, 0.2) is 0 Å². The molecule has 0 spiro atoms. The Kier molecular flexibility index (Phi) is 8.34. The van der Waals surface area contributed by atoms with Crippen LogP contribution in [0.25, 0.3) is 0 Å². The molecule has 1 aromatic carbocycles. The van der Waals surface area contributed by atoms with Crippen LogP contribution in [0.15, 0.2) is 24.3 Å². The molecule has 5 nitrogen and oxygen atoms in total. The second-order valence-electron chi connectivity index (χ2n) is 5.02. The molecule has 6 heteroatoms. The molecule has 0 aliphatic heterocycles. The Morgan fingerprint density at radius 1 is 1.29 bits per heavy atom. The molecule has 120 valence electrons. The first-order chi connectivity index (χ1) is 10.0. The van der Waals surface area contributed by atoms with E-state index in [2.05, 4.69) is 5.32 Å². The van der Waals surface area contributed by atoms with Crippen molar-refractivity contribution in [3.8, 4) is 11.5 Å². The third-order valence-electron chi connectivity index (χ3n) is 3.04. The van der Waals surface area contributed by atoms with Crippen LogP contribution in [0, 0.1) is 0 Å². The summed E-state index contributed by atoms with van der Waals surface area (Å²) in [5.41, 5.74) is 0. The maximum absolute atomic E-state index is 11.0. The Morgan fingerprint density at radius 2 is 1.90 bits per heavy atom. The average Bonchev–Trinajstić information content (AvgIpc) is 2.49. The van der Waals surface area contributed by atoms with Crippen molar-refractivity contribution in [2.24, 2.45) is 0 Å². The fourth-order valence-electron chi connectivity index (χ4n) is 1.71. The van der Waals surface area contributed by atoms with Gasteiger partial charge < -0.3 is 19.9 Å². The van der Waals surface area contributed by atoms with Crippen LogP contribution in [-0.2, 0) is 10.8 Å². The normalized spacial score (nSPS) is 15.2. The first-order valence-corrected chi connectivity index (χ1v) is 8.72. The van der Waals surface area contributed by atoms with E-state index < -0.39 is 16.9 Å². The maximum atomic E-state index is 11.0. The highest BCUT2D eigenvalue weighted by atomic mass is 32.2. The van der Waals surface area contributed by atoms with E-state index >= 15 is 0 Å². The van der Waals surface area contributed by atoms with Gasteiger partial charge in [-0.05, 0) is 37.6 Å². The minimum atomic E-state index is -0.769. The van der Waals surface area contributed by atoms with E-state index in [1.807, 2.05) is 19.1 Å². The Bertz CT molecular complexity index is 424. The standard InChI is InChI=1S/C15H25NO4S/c1-12(8-9-21(3)18)16-10-13(17)11-20-15-6-4-14(19-2)5-7-15/h4-7,12-13,16-17H,8-11H2,1-3H3. The van der Waals surface area contributed by atoms with E-state index in [-0.39, 0.29) is 12.6 Å². The van der Waals surface area contributed by atoms with Gasteiger partial charge in [0.05, 0.1) is 7.11 Å². The third-order valence-corrected chi connectivity index (χ3v) is 3.85. The van der Waals surface area contributed by atoms with Gasteiger partial charge >= 0.3 is 0 Å². The minimum Gasteiger partial charge on any atom is -0.497 e. The number of hydrogen-bond acceptors (Lipinski definition) is 5. The summed E-state index contributed by atoms with van der Waals surface area (Å²) in [6.45, 7) is 2.70. The zero-order valence-corrected chi connectivity index (χ0v) is 13.7. The fourth-order valence-corrected chi connectivity index (χ4v) is 2.39. The molecule has 0 amide bonds. The summed E-state index contributed by atoms with van der Waals surface area (Å²) in [5.74, 6) is 2.14. The van der Waals surface area contributed by atoms with Crippen LogP contribution in [0.2, 0.25) is 0 Å². The number of ether oxygens (including phenoxy) is 2. The summed E-state index contributed by atoms with van der Waals surface area (Å²) in [4.78, 5) is 0. The van der Waals surface area contributed by atoms with Crippen LogP contribution < -0.4 is 14.8 Å². The monoisotopic (exact) mass is 315 g/mol. The zero-order chi connectivity index (χ0) is 15.7. The molecule has 0 radical (unpaired) electrons. The van der Waals surface area contributed by atoms with Gasteiger partial charge in [-0.3, -0.25) is 4.21 Å². The second-order valence-corrected chi connectivity index (χ2v) is 6.57. The van der Waals surface area contributed by atoms with Gasteiger partial charge in [-0.1, -0.05) is 0 Å². The van der Waals surface area contributed by atoms with Gasteiger partial charge in [0.1, 0.15) is 24.2 Å². The van der Waals surface area contributed by atoms with E-state index in [4.69, 9.17) is 9.47 Å². The molecule has 0 heterocycles. The SMILES string of the molecule is COc1ccc(OCC(O)CNC(C)CCS(C)=O)cc1. The minimum absolute atomic E-state index is 0.226. The lowest BCUT2D eigenvalue weighted by atomic mass is 10.2. The van der Waals surface area contributed by atoms with E-state index in [1.165, 1.54) is 0 Å². The van der Waals surface area contributed by atoms with Crippen LogP contribution in [-0.4, -0.2) is 53.7 Å². The van der Waals surface area contributed by atoms with Crippen molar-refractivity contribution in [2.45, 2.75) is 25.5 Å². The number of aliphatic hydroxyl groups is 1. The summed E-state index contributed by atoms with van der Waals surface area (Å²) in [5, 5.41) is 13.1. The highest BCUT2D eigenvalue weighted by Crippen LogP contribution is 2.16. The van der Waals surface area contributed by atoms with E-state index in [1.54, 1.807) is 25.5 Å². The van der Waals surface area contributed by atoms with E-state index in [0.29, 0.717) is 18.0 Å². The number of aliphatic hydroxyl groups excluding tert-OH is 1. The van der Waals surface area contributed by atoms with Gasteiger partial charge in [-0.15, -0.1) is 0 Å². The molecule has 0 saturated carbocycles. The predicted molar refractivity (Wildman–Crippen MR) is 85.5 cm³/mol. The number of nitrogens with one attached hydrogen (secondary N) is 1. The van der Waals surface area contributed by atoms with Crippen LogP contribution in [0.4, 0.5) is 0 Å². The summed E-state index contributed by atoms with van der Waals surface area (Å²) < 4.78 is 21.6. The lowest BCUT2D eigenvalue weighted by molar-refractivity contribution is 0.104. The van der Waals surface area contributed by atoms with Crippen molar-refractivity contribution in [2.75, 3.05) is 32.3 Å². The predicted octanol–water partition coefficient (Wildman–Crippen LogP) is 1.18.